The second-order valence-electron chi connectivity index (χ2n) is 2.36. The lowest BCUT2D eigenvalue weighted by atomic mass is 10.3. The van der Waals surface area contributed by atoms with E-state index in [2.05, 4.69) is 0 Å². The summed E-state index contributed by atoms with van der Waals surface area (Å²) in [6, 6.07) is 2.04. The summed E-state index contributed by atoms with van der Waals surface area (Å²) in [5, 5.41) is -0.290. The number of ether oxygens (including phenoxy) is 1. The Bertz CT molecular complexity index is 458. The Morgan fingerprint density at radius 3 is 2.29 bits per heavy atom. The van der Waals surface area contributed by atoms with Gasteiger partial charge in [0.2, 0.25) is 0 Å². The molecule has 78 valence electrons. The van der Waals surface area contributed by atoms with Gasteiger partial charge in [0.15, 0.2) is 0 Å². The number of hydrogen-bond donors (Lipinski definition) is 0. The molecule has 3 nitrogen and oxygen atoms in total. The maximum atomic E-state index is 12.6. The van der Waals surface area contributed by atoms with Crippen LogP contribution in [-0.2, 0) is 10.2 Å². The van der Waals surface area contributed by atoms with Crippen LogP contribution < -0.4 is 4.74 Å². The Balaban J connectivity index is 3.44. The van der Waals surface area contributed by atoms with E-state index in [4.69, 9.17) is 27.9 Å². The van der Waals surface area contributed by atoms with Gasteiger partial charge in [-0.05, 0) is 6.07 Å². The van der Waals surface area contributed by atoms with E-state index in [0.717, 1.165) is 12.1 Å². The van der Waals surface area contributed by atoms with Crippen LogP contribution >= 0.6 is 23.2 Å². The molecule has 0 atom stereocenters. The zero-order valence-electron chi connectivity index (χ0n) is 6.92. The number of hydrogen-bond acceptors (Lipinski definition) is 3. The number of methoxy groups -OCH3 is 1. The smallest absolute Gasteiger partial charge is 0.333 e. The van der Waals surface area contributed by atoms with Gasteiger partial charge in [-0.25, -0.2) is 0 Å². The van der Waals surface area contributed by atoms with Gasteiger partial charge in [0.1, 0.15) is 10.6 Å². The summed E-state index contributed by atoms with van der Waals surface area (Å²) in [5.41, 5.74) is 0. The Labute approximate surface area is 90.6 Å². The van der Waals surface area contributed by atoms with E-state index in [0.29, 0.717) is 0 Å². The van der Waals surface area contributed by atoms with Gasteiger partial charge in [-0.2, -0.15) is 8.42 Å². The first-order chi connectivity index (χ1) is 6.36. The lowest BCUT2D eigenvalue weighted by Gasteiger charge is -2.05. The normalized spacial score (nSPS) is 11.4. The zero-order chi connectivity index (χ0) is 10.9. The van der Waals surface area contributed by atoms with Crippen molar-refractivity contribution in [3.8, 4) is 5.75 Å². The third kappa shape index (κ3) is 2.29. The molecule has 0 amide bonds. The molecule has 0 fully saturated rings. The molecule has 14 heavy (non-hydrogen) atoms. The minimum atomic E-state index is -4.85. The van der Waals surface area contributed by atoms with Crippen LogP contribution in [0.2, 0.25) is 10.0 Å². The van der Waals surface area contributed by atoms with Crippen LogP contribution in [0, 0.1) is 0 Å². The molecule has 0 aliphatic carbocycles. The van der Waals surface area contributed by atoms with E-state index >= 15 is 0 Å². The molecule has 1 aromatic carbocycles. The minimum absolute atomic E-state index is 0.0203. The van der Waals surface area contributed by atoms with Crippen molar-refractivity contribution < 1.29 is 17.0 Å². The molecular weight excluding hydrogens is 254 g/mol. The van der Waals surface area contributed by atoms with E-state index < -0.39 is 15.1 Å². The van der Waals surface area contributed by atoms with Crippen molar-refractivity contribution in [2.24, 2.45) is 0 Å². The van der Waals surface area contributed by atoms with Gasteiger partial charge in [-0.3, -0.25) is 0 Å². The Morgan fingerprint density at radius 1 is 1.29 bits per heavy atom. The van der Waals surface area contributed by atoms with E-state index in [1.165, 1.54) is 7.11 Å². The molecule has 0 aliphatic heterocycles. The van der Waals surface area contributed by atoms with Gasteiger partial charge in [0.05, 0.1) is 17.2 Å². The predicted molar refractivity (Wildman–Crippen MR) is 51.3 cm³/mol. The summed E-state index contributed by atoms with van der Waals surface area (Å²) < 4.78 is 38.5. The molecule has 0 aromatic heterocycles. The van der Waals surface area contributed by atoms with E-state index in [9.17, 15) is 12.3 Å². The van der Waals surface area contributed by atoms with Gasteiger partial charge < -0.3 is 4.74 Å². The molecule has 0 heterocycles. The zero-order valence-corrected chi connectivity index (χ0v) is 9.25. The van der Waals surface area contributed by atoms with E-state index in [1.54, 1.807) is 0 Å². The van der Waals surface area contributed by atoms with Crippen LogP contribution in [-0.4, -0.2) is 15.5 Å². The molecule has 0 saturated heterocycles. The van der Waals surface area contributed by atoms with Crippen molar-refractivity contribution in [2.75, 3.05) is 7.11 Å². The van der Waals surface area contributed by atoms with Gasteiger partial charge in [0.25, 0.3) is 0 Å². The topological polar surface area (TPSA) is 43.4 Å². The van der Waals surface area contributed by atoms with Crippen LogP contribution in [0.3, 0.4) is 0 Å². The molecule has 0 bridgehead atoms. The Morgan fingerprint density at radius 2 is 1.86 bits per heavy atom. The summed E-state index contributed by atoms with van der Waals surface area (Å²) in [5.74, 6) is 0.184. The first-order valence-electron chi connectivity index (χ1n) is 3.34. The Kier molecular flexibility index (Phi) is 3.24. The van der Waals surface area contributed by atoms with Crippen molar-refractivity contribution in [2.45, 2.75) is 4.90 Å². The summed E-state index contributed by atoms with van der Waals surface area (Å²) in [7, 11) is -3.52. The SMILES string of the molecule is COc1cc(Cl)c(S(=O)(=O)F)cc1Cl. The van der Waals surface area contributed by atoms with Crippen molar-refractivity contribution in [3.63, 3.8) is 0 Å². The first-order valence-corrected chi connectivity index (χ1v) is 5.48. The highest BCUT2D eigenvalue weighted by Gasteiger charge is 2.19. The van der Waals surface area contributed by atoms with Crippen LogP contribution in [0.5, 0.6) is 5.75 Å². The molecule has 0 saturated carbocycles. The summed E-state index contributed by atoms with van der Waals surface area (Å²) in [4.78, 5) is -0.662. The highest BCUT2D eigenvalue weighted by Crippen LogP contribution is 2.33. The lowest BCUT2D eigenvalue weighted by Crippen LogP contribution is -1.94. The van der Waals surface area contributed by atoms with Crippen LogP contribution in [0.4, 0.5) is 3.89 Å². The van der Waals surface area contributed by atoms with Gasteiger partial charge in [0, 0.05) is 6.07 Å². The quantitative estimate of drug-likeness (QED) is 0.767. The Hall–Kier alpha value is -0.520. The van der Waals surface area contributed by atoms with Gasteiger partial charge in [-0.1, -0.05) is 23.2 Å². The largest absolute Gasteiger partial charge is 0.495 e. The lowest BCUT2D eigenvalue weighted by molar-refractivity contribution is 0.414. The maximum absolute atomic E-state index is 12.6. The minimum Gasteiger partial charge on any atom is -0.495 e. The number of benzene rings is 1. The van der Waals surface area contributed by atoms with Crippen LogP contribution in [0.15, 0.2) is 17.0 Å². The average Bonchev–Trinajstić information content (AvgIpc) is 2.06. The van der Waals surface area contributed by atoms with Gasteiger partial charge in [-0.15, -0.1) is 3.89 Å². The first kappa shape index (κ1) is 11.6. The highest BCUT2D eigenvalue weighted by atomic mass is 35.5. The monoisotopic (exact) mass is 258 g/mol. The molecule has 1 aromatic rings. The molecule has 0 aliphatic rings. The average molecular weight is 259 g/mol. The second kappa shape index (κ2) is 3.92. The third-order valence-corrected chi connectivity index (χ3v) is 3.05. The fraction of sp³-hybridized carbons (Fsp3) is 0.143. The van der Waals surface area contributed by atoms with Crippen molar-refractivity contribution in [1.29, 1.82) is 0 Å². The molecule has 0 spiro atoms. The van der Waals surface area contributed by atoms with E-state index in [1.807, 2.05) is 0 Å². The van der Waals surface area contributed by atoms with Crippen LogP contribution in [0.25, 0.3) is 0 Å². The maximum Gasteiger partial charge on any atom is 0.333 e. The fourth-order valence-corrected chi connectivity index (χ4v) is 2.14. The second-order valence-corrected chi connectivity index (χ2v) is 4.48. The summed E-state index contributed by atoms with van der Waals surface area (Å²) in [6.07, 6.45) is 0. The van der Waals surface area contributed by atoms with Crippen molar-refractivity contribution >= 4 is 33.4 Å². The summed E-state index contributed by atoms with van der Waals surface area (Å²) in [6.45, 7) is 0. The molecule has 0 N–H and O–H groups in total. The molecular formula is C7H5Cl2FO3S. The van der Waals surface area contributed by atoms with E-state index in [-0.39, 0.29) is 15.8 Å². The standard InChI is InChI=1S/C7H5Cl2FO3S/c1-13-6-2-5(9)7(3-4(6)8)14(10,11)12/h2-3H,1H3. The molecule has 1 rings (SSSR count). The predicted octanol–water partition coefficient (Wildman–Crippen LogP) is 2.66. The molecule has 0 radical (unpaired) electrons. The summed E-state index contributed by atoms with van der Waals surface area (Å²) >= 11 is 11.1. The van der Waals surface area contributed by atoms with Gasteiger partial charge >= 0.3 is 10.2 Å². The molecule has 0 unspecified atom stereocenters. The number of halogens is 3. The highest BCUT2D eigenvalue weighted by molar-refractivity contribution is 7.86. The number of rotatable bonds is 2. The fourth-order valence-electron chi connectivity index (χ4n) is 0.854. The van der Waals surface area contributed by atoms with Crippen molar-refractivity contribution in [1.82, 2.24) is 0 Å². The van der Waals surface area contributed by atoms with Crippen molar-refractivity contribution in [3.05, 3.63) is 22.2 Å². The third-order valence-electron chi connectivity index (χ3n) is 1.47. The van der Waals surface area contributed by atoms with Crippen LogP contribution in [0.1, 0.15) is 0 Å². The molecule has 7 heteroatoms.